The summed E-state index contributed by atoms with van der Waals surface area (Å²) in [6, 6.07) is 19.3. The number of amides is 1. The van der Waals surface area contributed by atoms with Crippen molar-refractivity contribution in [1.82, 2.24) is 4.90 Å². The van der Waals surface area contributed by atoms with Gasteiger partial charge < -0.3 is 47.5 Å². The van der Waals surface area contributed by atoms with Gasteiger partial charge in [0.2, 0.25) is 0 Å². The lowest BCUT2D eigenvalue weighted by atomic mass is 9.40. The molecule has 3 unspecified atom stereocenters. The summed E-state index contributed by atoms with van der Waals surface area (Å²) in [5, 5.41) is 0. The molecule has 11 atom stereocenters. The Morgan fingerprint density at radius 3 is 2.27 bits per heavy atom. The molecular weight excluding hydrogens is 815 g/mol. The number of unbranched alkanes of at least 4 members (excludes halogenated alkanes) is 2. The van der Waals surface area contributed by atoms with Crippen LogP contribution in [0.15, 0.2) is 60.7 Å². The second kappa shape index (κ2) is 23.5. The molecule has 0 spiro atoms. The number of esters is 2. The highest BCUT2D eigenvalue weighted by Gasteiger charge is 2.58. The van der Waals surface area contributed by atoms with Crippen molar-refractivity contribution in [3.8, 4) is 0 Å². The molecule has 0 aromatic heterocycles. The molecule has 14 nitrogen and oxygen atoms in total. The SMILES string of the molecule is CC[C@H](C)C1O[C@H](O[C@H]2C([C@H]3COC(C)(C)O3)O[C@@](OCCCCCN(Cc3ccccc3)C(=O)OCc3ccccc3)(C(=O)OC)C[C@H]2C)C(OC(C)=O)[C@@H](C)[C@@H]1[B][B]P=O. The van der Waals surface area contributed by atoms with Crippen LogP contribution in [0, 0.1) is 17.8 Å². The van der Waals surface area contributed by atoms with Gasteiger partial charge in [-0.2, -0.15) is 0 Å². The van der Waals surface area contributed by atoms with Gasteiger partial charge in [-0.3, -0.25) is 9.36 Å². The Morgan fingerprint density at radius 1 is 0.968 bits per heavy atom. The summed E-state index contributed by atoms with van der Waals surface area (Å²) in [5.41, 5.74) is 1.90. The molecule has 0 aliphatic carbocycles. The van der Waals surface area contributed by atoms with Crippen molar-refractivity contribution in [2.45, 2.75) is 148 Å². The van der Waals surface area contributed by atoms with Gasteiger partial charge in [0.05, 0.1) is 48.0 Å². The largest absolute Gasteiger partial charge is 0.465 e. The Kier molecular flexibility index (Phi) is 18.8. The van der Waals surface area contributed by atoms with E-state index in [9.17, 15) is 18.9 Å². The van der Waals surface area contributed by atoms with Gasteiger partial charge in [0, 0.05) is 26.4 Å². The van der Waals surface area contributed by atoms with Crippen molar-refractivity contribution in [1.29, 1.82) is 0 Å². The third kappa shape index (κ3) is 13.3. The Labute approximate surface area is 370 Å². The summed E-state index contributed by atoms with van der Waals surface area (Å²) in [4.78, 5) is 41.3. The Morgan fingerprint density at radius 2 is 1.66 bits per heavy atom. The van der Waals surface area contributed by atoms with Crippen LogP contribution in [0.3, 0.4) is 0 Å². The highest BCUT2D eigenvalue weighted by molar-refractivity contribution is 7.71. The van der Waals surface area contributed by atoms with Gasteiger partial charge in [-0.05, 0) is 67.8 Å². The fourth-order valence-electron chi connectivity index (χ4n) is 8.55. The second-order valence-corrected chi connectivity index (χ2v) is 17.7. The number of carbonyl (C=O) groups is 3. The first kappa shape index (κ1) is 49.7. The lowest BCUT2D eigenvalue weighted by molar-refractivity contribution is -0.352. The molecule has 62 heavy (non-hydrogen) atoms. The maximum Gasteiger partial charge on any atom is 0.410 e. The molecule has 2 radical (unpaired) electrons. The Bertz CT molecular complexity index is 1730. The Balaban J connectivity index is 1.29. The second-order valence-electron chi connectivity index (χ2n) is 17.1. The van der Waals surface area contributed by atoms with Gasteiger partial charge >= 0.3 is 18.0 Å². The van der Waals surface area contributed by atoms with E-state index in [-0.39, 0.29) is 64.3 Å². The van der Waals surface area contributed by atoms with Gasteiger partial charge in [0.15, 0.2) is 25.1 Å². The molecule has 3 fully saturated rings. The first-order valence-corrected chi connectivity index (χ1v) is 22.8. The number of hydrogen-bond donors (Lipinski definition) is 0. The van der Waals surface area contributed by atoms with Crippen molar-refractivity contribution in [3.63, 3.8) is 0 Å². The molecule has 1 amide bonds. The van der Waals surface area contributed by atoms with E-state index in [0.717, 1.165) is 17.5 Å². The fraction of sp³-hybridized carbons (Fsp3) is 0.667. The van der Waals surface area contributed by atoms with E-state index in [0.29, 0.717) is 32.4 Å². The molecule has 2 aromatic rings. The smallest absolute Gasteiger partial charge is 0.410 e. The van der Waals surface area contributed by atoms with Crippen LogP contribution in [-0.2, 0) is 69.9 Å². The molecule has 17 heteroatoms. The summed E-state index contributed by atoms with van der Waals surface area (Å²) in [6.07, 6.45) is -2.05. The molecule has 0 N–H and O–H groups in total. The predicted molar refractivity (Wildman–Crippen MR) is 232 cm³/mol. The molecule has 338 valence electrons. The van der Waals surface area contributed by atoms with E-state index >= 15 is 0 Å². The molecule has 3 saturated heterocycles. The number of benzene rings is 2. The summed E-state index contributed by atoms with van der Waals surface area (Å²) in [5.74, 6) is -4.68. The topological polar surface area (TPSA) is 155 Å². The summed E-state index contributed by atoms with van der Waals surface area (Å²) < 4.78 is 67.5. The standard InChI is InChI=1S/C45H64B2NO13P/c1-9-29(2)37-36(46-47-62-52)31(4)39(57-32(5)49)41(58-37)59-38-30(3)25-45(42(50)53-8,61-40(38)35-28-56-44(6,7)60-35)55-24-18-12-17-23-48(26-33-19-13-10-14-20-33)43(51)54-27-34-21-15-11-16-22-34/h10-11,13-16,19-22,29-31,35-41H,9,12,17-18,23-28H2,1-8H3/t29-,30+,31-,35+,36-,37?,38+,39?,40?,41+,45+/m0/s1. The first-order valence-electron chi connectivity index (χ1n) is 21.9. The van der Waals surface area contributed by atoms with Crippen LogP contribution >= 0.6 is 8.34 Å². The quantitative estimate of drug-likeness (QED) is 0.0400. The monoisotopic (exact) mass is 879 g/mol. The van der Waals surface area contributed by atoms with Crippen LogP contribution in [-0.4, -0.2) is 112 Å². The van der Waals surface area contributed by atoms with E-state index in [4.69, 9.17) is 42.6 Å². The fourth-order valence-corrected chi connectivity index (χ4v) is 8.82. The zero-order valence-electron chi connectivity index (χ0n) is 37.5. The zero-order valence-corrected chi connectivity index (χ0v) is 38.4. The molecule has 2 aromatic carbocycles. The van der Waals surface area contributed by atoms with Crippen molar-refractivity contribution in [2.24, 2.45) is 17.8 Å². The molecule has 3 aliphatic heterocycles. The van der Waals surface area contributed by atoms with E-state index in [2.05, 4.69) is 13.8 Å². The highest BCUT2D eigenvalue weighted by Crippen LogP contribution is 2.45. The van der Waals surface area contributed by atoms with Gasteiger partial charge in [-0.25, -0.2) is 9.59 Å². The van der Waals surface area contributed by atoms with Gasteiger partial charge in [-0.15, -0.1) is 0 Å². The predicted octanol–water partition coefficient (Wildman–Crippen LogP) is 7.50. The van der Waals surface area contributed by atoms with Gasteiger partial charge in [0.1, 0.15) is 18.8 Å². The van der Waals surface area contributed by atoms with Gasteiger partial charge in [-0.1, -0.05) is 94.8 Å². The minimum Gasteiger partial charge on any atom is -0.465 e. The van der Waals surface area contributed by atoms with Crippen LogP contribution in [0.25, 0.3) is 0 Å². The lowest BCUT2D eigenvalue weighted by Crippen LogP contribution is -2.63. The van der Waals surface area contributed by atoms with E-state index in [1.165, 1.54) is 14.0 Å². The van der Waals surface area contributed by atoms with Crippen molar-refractivity contribution < 1.29 is 61.6 Å². The maximum absolute atomic E-state index is 13.8. The van der Waals surface area contributed by atoms with Crippen LogP contribution in [0.5, 0.6) is 0 Å². The molecule has 0 bridgehead atoms. The van der Waals surface area contributed by atoms with E-state index < -0.39 is 60.3 Å². The zero-order chi connectivity index (χ0) is 44.9. The normalized spacial score (nSPS) is 29.9. The Hall–Kier alpha value is -3.36. The number of nitrogens with zero attached hydrogens (tertiary/aromatic N) is 1. The average Bonchev–Trinajstić information content (AvgIpc) is 3.63. The number of ether oxygens (including phenoxy) is 9. The van der Waals surface area contributed by atoms with Gasteiger partial charge in [0.25, 0.3) is 5.79 Å². The number of methoxy groups -OCH3 is 1. The third-order valence-electron chi connectivity index (χ3n) is 12.0. The van der Waals surface area contributed by atoms with Crippen LogP contribution < -0.4 is 0 Å². The molecule has 3 aliphatic rings. The number of hydrogen-bond acceptors (Lipinski definition) is 13. The molecular formula is C45H64B2NO13P. The molecule has 5 rings (SSSR count). The minimum absolute atomic E-state index is 0.0825. The number of carbonyl (C=O) groups excluding carboxylic acids is 3. The third-order valence-corrected chi connectivity index (χ3v) is 12.3. The van der Waals surface area contributed by atoms with Crippen molar-refractivity contribution >= 4 is 40.4 Å². The van der Waals surface area contributed by atoms with Crippen LogP contribution in [0.1, 0.15) is 91.7 Å². The average molecular weight is 880 g/mol. The van der Waals surface area contributed by atoms with Crippen LogP contribution in [0.2, 0.25) is 5.82 Å². The summed E-state index contributed by atoms with van der Waals surface area (Å²) in [7, 11) is 3.02. The summed E-state index contributed by atoms with van der Waals surface area (Å²) in [6.45, 7) is 15.9. The minimum atomic E-state index is -1.79. The van der Waals surface area contributed by atoms with Crippen LogP contribution in [0.4, 0.5) is 4.79 Å². The van der Waals surface area contributed by atoms with E-state index in [1.54, 1.807) is 25.6 Å². The maximum atomic E-state index is 13.8. The van der Waals surface area contributed by atoms with Crippen molar-refractivity contribution in [2.75, 3.05) is 26.9 Å². The molecule has 3 heterocycles. The highest BCUT2D eigenvalue weighted by atomic mass is 31.1. The van der Waals surface area contributed by atoms with E-state index in [1.807, 2.05) is 81.7 Å². The van der Waals surface area contributed by atoms with Crippen molar-refractivity contribution in [3.05, 3.63) is 71.8 Å². The number of rotatable bonds is 21. The first-order chi connectivity index (χ1) is 29.7. The molecule has 0 saturated carbocycles. The lowest BCUT2D eigenvalue weighted by Gasteiger charge is -2.51. The summed E-state index contributed by atoms with van der Waals surface area (Å²) >= 11 is 0.